The van der Waals surface area contributed by atoms with Crippen molar-refractivity contribution in [1.82, 2.24) is 0 Å². The van der Waals surface area contributed by atoms with Crippen LogP contribution >= 0.6 is 0 Å². The van der Waals surface area contributed by atoms with Crippen LogP contribution in [0.4, 0.5) is 0 Å². The van der Waals surface area contributed by atoms with Gasteiger partial charge in [-0.15, -0.1) is 0 Å². The average molecular weight is 467 g/mol. The first-order valence-corrected chi connectivity index (χ1v) is 12.1. The number of hydrogen-bond acceptors (Lipinski definition) is 4. The molecule has 4 aromatic carbocycles. The van der Waals surface area contributed by atoms with Crippen LogP contribution in [0.25, 0.3) is 0 Å². The van der Waals surface area contributed by atoms with Crippen LogP contribution in [0.3, 0.4) is 0 Å². The van der Waals surface area contributed by atoms with E-state index in [2.05, 4.69) is 36.4 Å². The van der Waals surface area contributed by atoms with E-state index in [1.54, 1.807) is 7.11 Å². The molecule has 0 spiro atoms. The second kappa shape index (κ2) is 10.8. The van der Waals surface area contributed by atoms with Gasteiger partial charge in [0.1, 0.15) is 11.5 Å². The van der Waals surface area contributed by atoms with E-state index < -0.39 is 11.9 Å². The van der Waals surface area contributed by atoms with Gasteiger partial charge in [0.15, 0.2) is 5.60 Å². The van der Waals surface area contributed by atoms with Crippen LogP contribution in [-0.4, -0.2) is 20.0 Å². The van der Waals surface area contributed by atoms with Crippen molar-refractivity contribution >= 4 is 0 Å². The van der Waals surface area contributed by atoms with E-state index in [0.29, 0.717) is 19.6 Å². The molecule has 1 aliphatic rings. The molecule has 1 heterocycles. The van der Waals surface area contributed by atoms with Crippen molar-refractivity contribution in [2.45, 2.75) is 31.3 Å². The van der Waals surface area contributed by atoms with Crippen LogP contribution < -0.4 is 9.47 Å². The minimum Gasteiger partial charge on any atom is -0.497 e. The Bertz CT molecular complexity index is 1170. The van der Waals surface area contributed by atoms with Gasteiger partial charge in [-0.1, -0.05) is 91.0 Å². The number of fused-ring (bicyclic) bond motifs is 1. The lowest BCUT2D eigenvalue weighted by Gasteiger charge is -2.43. The molecule has 4 heteroatoms. The van der Waals surface area contributed by atoms with E-state index in [0.717, 1.165) is 34.6 Å². The summed E-state index contributed by atoms with van der Waals surface area (Å²) in [4.78, 5) is 0. The standard InChI is InChI=1S/C31H30O4/c1-32-27-19-20-29-28(22-27)31(25-14-7-3-8-15-25,26-16-9-4-10-17-26)35-30(34-29)18-11-21-33-23-24-12-5-2-6-13-24/h2-10,12-17,19-20,22,30H,11,18,21,23H2,1H3. The van der Waals surface area contributed by atoms with Crippen LogP contribution in [0.5, 0.6) is 11.5 Å². The molecule has 0 radical (unpaired) electrons. The highest BCUT2D eigenvalue weighted by molar-refractivity contribution is 5.56. The van der Waals surface area contributed by atoms with Gasteiger partial charge in [0, 0.05) is 18.6 Å². The lowest BCUT2D eigenvalue weighted by molar-refractivity contribution is -0.167. The SMILES string of the molecule is COc1ccc2c(c1)C(c1ccccc1)(c1ccccc1)OC(CCCOCc1ccccc1)O2. The summed E-state index contributed by atoms with van der Waals surface area (Å²) in [7, 11) is 1.68. The Labute approximate surface area is 207 Å². The Balaban J connectivity index is 1.43. The highest BCUT2D eigenvalue weighted by Gasteiger charge is 2.46. The first-order valence-electron chi connectivity index (χ1n) is 12.1. The van der Waals surface area contributed by atoms with Crippen molar-refractivity contribution in [3.63, 3.8) is 0 Å². The molecule has 0 aliphatic carbocycles. The largest absolute Gasteiger partial charge is 0.497 e. The molecule has 0 amide bonds. The molecule has 4 aromatic rings. The zero-order valence-electron chi connectivity index (χ0n) is 19.9. The number of ether oxygens (including phenoxy) is 4. The normalized spacial score (nSPS) is 16.2. The van der Waals surface area contributed by atoms with Gasteiger partial charge in [-0.2, -0.15) is 0 Å². The Morgan fingerprint density at radius 2 is 1.40 bits per heavy atom. The summed E-state index contributed by atoms with van der Waals surface area (Å²) in [6, 6.07) is 36.8. The van der Waals surface area contributed by atoms with Crippen molar-refractivity contribution in [3.05, 3.63) is 131 Å². The minimum absolute atomic E-state index is 0.420. The molecule has 5 rings (SSSR count). The highest BCUT2D eigenvalue weighted by atomic mass is 16.7. The van der Waals surface area contributed by atoms with E-state index >= 15 is 0 Å². The summed E-state index contributed by atoms with van der Waals surface area (Å²) < 4.78 is 24.7. The molecule has 1 aliphatic heterocycles. The first kappa shape index (κ1) is 23.2. The predicted octanol–water partition coefficient (Wildman–Crippen LogP) is 6.72. The van der Waals surface area contributed by atoms with E-state index in [1.165, 1.54) is 5.56 Å². The smallest absolute Gasteiger partial charge is 0.201 e. The molecule has 35 heavy (non-hydrogen) atoms. The van der Waals surface area contributed by atoms with E-state index in [1.807, 2.05) is 72.8 Å². The van der Waals surface area contributed by atoms with Gasteiger partial charge in [0.05, 0.1) is 13.7 Å². The van der Waals surface area contributed by atoms with E-state index in [-0.39, 0.29) is 0 Å². The molecule has 4 nitrogen and oxygen atoms in total. The van der Waals surface area contributed by atoms with Crippen LogP contribution in [0.2, 0.25) is 0 Å². The molecular weight excluding hydrogens is 436 g/mol. The third-order valence-electron chi connectivity index (χ3n) is 6.33. The summed E-state index contributed by atoms with van der Waals surface area (Å²) in [5.41, 5.74) is 3.39. The van der Waals surface area contributed by atoms with Gasteiger partial charge >= 0.3 is 0 Å². The van der Waals surface area contributed by atoms with Crippen LogP contribution in [0.15, 0.2) is 109 Å². The van der Waals surface area contributed by atoms with Crippen molar-refractivity contribution < 1.29 is 18.9 Å². The van der Waals surface area contributed by atoms with Gasteiger partial charge in [-0.05, 0) is 41.3 Å². The molecule has 0 N–H and O–H groups in total. The van der Waals surface area contributed by atoms with Crippen LogP contribution in [0.1, 0.15) is 35.1 Å². The third kappa shape index (κ3) is 4.95. The maximum atomic E-state index is 6.90. The molecule has 1 unspecified atom stereocenters. The lowest BCUT2D eigenvalue weighted by atomic mass is 9.79. The van der Waals surface area contributed by atoms with Gasteiger partial charge < -0.3 is 18.9 Å². The summed E-state index contributed by atoms with van der Waals surface area (Å²) in [5, 5.41) is 0. The van der Waals surface area contributed by atoms with Crippen molar-refractivity contribution in [1.29, 1.82) is 0 Å². The molecule has 178 valence electrons. The summed E-state index contributed by atoms with van der Waals surface area (Å²) in [6.45, 7) is 1.24. The Hall–Kier alpha value is -3.60. The predicted molar refractivity (Wildman–Crippen MR) is 137 cm³/mol. The maximum Gasteiger partial charge on any atom is 0.201 e. The topological polar surface area (TPSA) is 36.9 Å². The number of benzene rings is 4. The van der Waals surface area contributed by atoms with Gasteiger partial charge in [0.25, 0.3) is 0 Å². The zero-order chi connectivity index (χ0) is 23.9. The Morgan fingerprint density at radius 3 is 2.03 bits per heavy atom. The van der Waals surface area contributed by atoms with Crippen molar-refractivity contribution in [3.8, 4) is 11.5 Å². The number of rotatable bonds is 9. The Morgan fingerprint density at radius 1 is 0.771 bits per heavy atom. The summed E-state index contributed by atoms with van der Waals surface area (Å²) >= 11 is 0. The molecule has 0 saturated carbocycles. The molecule has 0 bridgehead atoms. The van der Waals surface area contributed by atoms with Crippen molar-refractivity contribution in [2.75, 3.05) is 13.7 Å². The fourth-order valence-electron chi connectivity index (χ4n) is 4.63. The maximum absolute atomic E-state index is 6.90. The van der Waals surface area contributed by atoms with Crippen molar-refractivity contribution in [2.24, 2.45) is 0 Å². The van der Waals surface area contributed by atoms with Gasteiger partial charge in [-0.25, -0.2) is 0 Å². The fraction of sp³-hybridized carbons (Fsp3) is 0.226. The highest BCUT2D eigenvalue weighted by Crippen LogP contribution is 2.49. The van der Waals surface area contributed by atoms with E-state index in [4.69, 9.17) is 18.9 Å². The average Bonchev–Trinajstić information content (AvgIpc) is 2.93. The quantitative estimate of drug-likeness (QED) is 0.257. The minimum atomic E-state index is -0.819. The first-order chi connectivity index (χ1) is 17.3. The molecular formula is C31H30O4. The van der Waals surface area contributed by atoms with Crippen LogP contribution in [-0.2, 0) is 21.7 Å². The third-order valence-corrected chi connectivity index (χ3v) is 6.33. The zero-order valence-corrected chi connectivity index (χ0v) is 19.9. The van der Waals surface area contributed by atoms with Crippen LogP contribution in [0, 0.1) is 0 Å². The van der Waals surface area contributed by atoms with Gasteiger partial charge in [0.2, 0.25) is 6.29 Å². The number of methoxy groups -OCH3 is 1. The molecule has 1 atom stereocenters. The monoisotopic (exact) mass is 466 g/mol. The Kier molecular flexibility index (Phi) is 7.12. The fourth-order valence-corrected chi connectivity index (χ4v) is 4.63. The summed E-state index contributed by atoms with van der Waals surface area (Å²) in [5.74, 6) is 1.57. The number of hydrogen-bond donors (Lipinski definition) is 0. The molecule has 0 saturated heterocycles. The second-order valence-electron chi connectivity index (χ2n) is 8.62. The van der Waals surface area contributed by atoms with Gasteiger partial charge in [-0.3, -0.25) is 0 Å². The molecule has 0 aromatic heterocycles. The van der Waals surface area contributed by atoms with E-state index in [9.17, 15) is 0 Å². The second-order valence-corrected chi connectivity index (χ2v) is 8.62. The molecule has 0 fully saturated rings. The summed E-state index contributed by atoms with van der Waals surface area (Å²) in [6.07, 6.45) is 1.11. The lowest BCUT2D eigenvalue weighted by Crippen LogP contribution is -2.43.